The molecule has 2 nitrogen and oxygen atoms in total. The lowest BCUT2D eigenvalue weighted by atomic mass is 9.57. The number of rotatable bonds is 4. The highest BCUT2D eigenvalue weighted by molar-refractivity contribution is 5.35. The third-order valence-corrected chi connectivity index (χ3v) is 5.58. The number of hydrogen-bond donors (Lipinski definition) is 1. The summed E-state index contributed by atoms with van der Waals surface area (Å²) < 4.78 is 5.50. The second-order valence-corrected chi connectivity index (χ2v) is 6.64. The van der Waals surface area contributed by atoms with Crippen LogP contribution in [0.2, 0.25) is 0 Å². The van der Waals surface area contributed by atoms with Crippen LogP contribution in [0.25, 0.3) is 0 Å². The molecule has 1 aromatic carbocycles. The standard InChI is InChI=1S/C18H27NO/c1-14(15-8-4-5-9-16(15)20-2)19-17-10-13-18(17)11-6-3-7-12-18/h4-5,8-9,14,17,19H,3,6-7,10-13H2,1-2H3/t14-,17?/m1/s1. The summed E-state index contributed by atoms with van der Waals surface area (Å²) >= 11 is 0. The second kappa shape index (κ2) is 5.77. The maximum atomic E-state index is 5.50. The average Bonchev–Trinajstić information content (AvgIpc) is 2.52. The predicted molar refractivity (Wildman–Crippen MR) is 83.1 cm³/mol. The molecule has 1 aromatic rings. The van der Waals surface area contributed by atoms with Crippen molar-refractivity contribution in [2.45, 2.75) is 64.0 Å². The molecule has 2 fully saturated rings. The van der Waals surface area contributed by atoms with Crippen LogP contribution in [0, 0.1) is 5.41 Å². The molecular formula is C18H27NO. The first-order valence-electron chi connectivity index (χ1n) is 8.14. The van der Waals surface area contributed by atoms with Gasteiger partial charge in [0.2, 0.25) is 0 Å². The molecule has 2 heteroatoms. The van der Waals surface area contributed by atoms with Crippen LogP contribution >= 0.6 is 0 Å². The molecule has 1 unspecified atom stereocenters. The van der Waals surface area contributed by atoms with Crippen LogP contribution in [-0.4, -0.2) is 13.2 Å². The first-order chi connectivity index (χ1) is 9.75. The number of hydrogen-bond acceptors (Lipinski definition) is 2. The van der Waals surface area contributed by atoms with E-state index in [1.54, 1.807) is 7.11 Å². The molecule has 0 amide bonds. The van der Waals surface area contributed by atoms with Gasteiger partial charge < -0.3 is 10.1 Å². The summed E-state index contributed by atoms with van der Waals surface area (Å²) in [5.41, 5.74) is 1.90. The Morgan fingerprint density at radius 2 is 1.90 bits per heavy atom. The molecule has 3 rings (SSSR count). The van der Waals surface area contributed by atoms with Gasteiger partial charge in [-0.25, -0.2) is 0 Å². The van der Waals surface area contributed by atoms with Crippen LogP contribution in [-0.2, 0) is 0 Å². The molecule has 1 spiro atoms. The van der Waals surface area contributed by atoms with Crippen molar-refractivity contribution < 1.29 is 4.74 Å². The molecule has 0 aliphatic heterocycles. The molecule has 2 aliphatic carbocycles. The lowest BCUT2D eigenvalue weighted by Gasteiger charge is -2.53. The summed E-state index contributed by atoms with van der Waals surface area (Å²) in [7, 11) is 1.76. The van der Waals surface area contributed by atoms with E-state index in [2.05, 4.69) is 30.4 Å². The number of methoxy groups -OCH3 is 1. The van der Waals surface area contributed by atoms with Gasteiger partial charge in [0.05, 0.1) is 7.11 Å². The summed E-state index contributed by atoms with van der Waals surface area (Å²) in [6, 6.07) is 9.47. The SMILES string of the molecule is COc1ccccc1[C@@H](C)NC1CCC12CCCCC2. The smallest absolute Gasteiger partial charge is 0.123 e. The molecule has 20 heavy (non-hydrogen) atoms. The minimum atomic E-state index is 0.371. The van der Waals surface area contributed by atoms with Crippen LogP contribution < -0.4 is 10.1 Å². The molecule has 0 aromatic heterocycles. The molecule has 0 radical (unpaired) electrons. The minimum Gasteiger partial charge on any atom is -0.496 e. The summed E-state index contributed by atoms with van der Waals surface area (Å²) in [6.45, 7) is 2.27. The van der Waals surface area contributed by atoms with Gasteiger partial charge in [-0.1, -0.05) is 37.5 Å². The predicted octanol–water partition coefficient (Wildman–Crippen LogP) is 4.46. The molecule has 1 N–H and O–H groups in total. The molecule has 0 bridgehead atoms. The van der Waals surface area contributed by atoms with Crippen molar-refractivity contribution in [3.05, 3.63) is 29.8 Å². The Morgan fingerprint density at radius 1 is 1.15 bits per heavy atom. The number of ether oxygens (including phenoxy) is 1. The van der Waals surface area contributed by atoms with Gasteiger partial charge in [0.25, 0.3) is 0 Å². The van der Waals surface area contributed by atoms with Gasteiger partial charge in [0, 0.05) is 17.6 Å². The topological polar surface area (TPSA) is 21.3 Å². The highest BCUT2D eigenvalue weighted by Crippen LogP contribution is 2.52. The van der Waals surface area contributed by atoms with Crippen molar-refractivity contribution in [2.75, 3.05) is 7.11 Å². The molecule has 0 saturated heterocycles. The second-order valence-electron chi connectivity index (χ2n) is 6.64. The van der Waals surface area contributed by atoms with Gasteiger partial charge in [-0.3, -0.25) is 0 Å². The van der Waals surface area contributed by atoms with E-state index >= 15 is 0 Å². The molecule has 2 saturated carbocycles. The van der Waals surface area contributed by atoms with E-state index in [1.807, 2.05) is 6.07 Å². The van der Waals surface area contributed by atoms with Crippen LogP contribution in [0.3, 0.4) is 0 Å². The lowest BCUT2D eigenvalue weighted by molar-refractivity contribution is 0.0173. The lowest BCUT2D eigenvalue weighted by Crippen LogP contribution is -2.54. The maximum absolute atomic E-state index is 5.50. The Kier molecular flexibility index (Phi) is 4.02. The fraction of sp³-hybridized carbons (Fsp3) is 0.667. The first kappa shape index (κ1) is 13.9. The molecule has 110 valence electrons. The van der Waals surface area contributed by atoms with Crippen molar-refractivity contribution in [1.82, 2.24) is 5.32 Å². The Bertz CT molecular complexity index is 450. The zero-order valence-corrected chi connectivity index (χ0v) is 12.8. The maximum Gasteiger partial charge on any atom is 0.123 e. The fourth-order valence-corrected chi connectivity index (χ4v) is 4.23. The van der Waals surface area contributed by atoms with Crippen LogP contribution in [0.4, 0.5) is 0 Å². The van der Waals surface area contributed by atoms with Gasteiger partial charge >= 0.3 is 0 Å². The van der Waals surface area contributed by atoms with Crippen LogP contribution in [0.5, 0.6) is 5.75 Å². The van der Waals surface area contributed by atoms with Crippen molar-refractivity contribution in [2.24, 2.45) is 5.41 Å². The summed E-state index contributed by atoms with van der Waals surface area (Å²) in [6.07, 6.45) is 9.95. The highest BCUT2D eigenvalue weighted by Gasteiger charge is 2.47. The third-order valence-electron chi connectivity index (χ3n) is 5.58. The van der Waals surface area contributed by atoms with E-state index in [-0.39, 0.29) is 0 Å². The summed E-state index contributed by atoms with van der Waals surface area (Å²) in [5.74, 6) is 1.00. The van der Waals surface area contributed by atoms with Gasteiger partial charge in [0.1, 0.15) is 5.75 Å². The highest BCUT2D eigenvalue weighted by atomic mass is 16.5. The third kappa shape index (κ3) is 2.46. The molecular weight excluding hydrogens is 246 g/mol. The Balaban J connectivity index is 1.68. The normalized spacial score (nSPS) is 26.0. The molecule has 2 aliphatic rings. The van der Waals surface area contributed by atoms with Gasteiger partial charge in [-0.05, 0) is 44.1 Å². The monoisotopic (exact) mass is 273 g/mol. The summed E-state index contributed by atoms with van der Waals surface area (Å²) in [5, 5.41) is 3.89. The van der Waals surface area contributed by atoms with E-state index < -0.39 is 0 Å². The zero-order valence-electron chi connectivity index (χ0n) is 12.8. The largest absolute Gasteiger partial charge is 0.496 e. The number of nitrogens with one attached hydrogen (secondary N) is 1. The Hall–Kier alpha value is -1.02. The molecule has 0 heterocycles. The number of para-hydroxylation sites is 1. The van der Waals surface area contributed by atoms with Crippen molar-refractivity contribution in [3.63, 3.8) is 0 Å². The van der Waals surface area contributed by atoms with Gasteiger partial charge in [-0.15, -0.1) is 0 Å². The van der Waals surface area contributed by atoms with E-state index in [0.717, 1.165) is 5.75 Å². The summed E-state index contributed by atoms with van der Waals surface area (Å²) in [4.78, 5) is 0. The first-order valence-corrected chi connectivity index (χ1v) is 8.14. The van der Waals surface area contributed by atoms with Crippen molar-refractivity contribution in [1.29, 1.82) is 0 Å². The minimum absolute atomic E-state index is 0.371. The van der Waals surface area contributed by atoms with E-state index in [0.29, 0.717) is 17.5 Å². The Morgan fingerprint density at radius 3 is 2.55 bits per heavy atom. The van der Waals surface area contributed by atoms with E-state index in [4.69, 9.17) is 4.74 Å². The average molecular weight is 273 g/mol. The Labute approximate surface area is 122 Å². The number of benzene rings is 1. The van der Waals surface area contributed by atoms with Crippen molar-refractivity contribution >= 4 is 0 Å². The van der Waals surface area contributed by atoms with Crippen LogP contribution in [0.1, 0.15) is 63.5 Å². The molecule has 2 atom stereocenters. The van der Waals surface area contributed by atoms with Gasteiger partial charge in [0.15, 0.2) is 0 Å². The van der Waals surface area contributed by atoms with E-state index in [9.17, 15) is 0 Å². The van der Waals surface area contributed by atoms with Crippen LogP contribution in [0.15, 0.2) is 24.3 Å². The van der Waals surface area contributed by atoms with E-state index in [1.165, 1.54) is 50.5 Å². The fourth-order valence-electron chi connectivity index (χ4n) is 4.23. The van der Waals surface area contributed by atoms with Gasteiger partial charge in [-0.2, -0.15) is 0 Å². The van der Waals surface area contributed by atoms with Crippen molar-refractivity contribution in [3.8, 4) is 5.75 Å². The quantitative estimate of drug-likeness (QED) is 0.874. The zero-order chi connectivity index (χ0) is 14.0.